The minimum Gasteiger partial charge on any atom is -0.493 e. The van der Waals surface area contributed by atoms with Crippen LogP contribution in [-0.4, -0.2) is 42.0 Å². The molecular weight excluding hydrogens is 422 g/mol. The predicted octanol–water partition coefficient (Wildman–Crippen LogP) is 4.17. The Kier molecular flexibility index (Phi) is 7.50. The summed E-state index contributed by atoms with van der Waals surface area (Å²) >= 11 is 0. The van der Waals surface area contributed by atoms with Crippen LogP contribution in [0.1, 0.15) is 27.3 Å². The van der Waals surface area contributed by atoms with E-state index in [1.54, 1.807) is 22.9 Å². The zero-order chi connectivity index (χ0) is 24.0. The van der Waals surface area contributed by atoms with Gasteiger partial charge in [-0.05, 0) is 51.1 Å². The number of aryl methyl sites for hydroxylation is 2. The van der Waals surface area contributed by atoms with E-state index in [1.165, 1.54) is 13.2 Å². The number of ether oxygens (including phenoxy) is 3. The van der Waals surface area contributed by atoms with Gasteiger partial charge in [-0.1, -0.05) is 30.4 Å². The summed E-state index contributed by atoms with van der Waals surface area (Å²) in [6, 6.07) is 12.6. The maximum Gasteiger partial charge on any atom is 0.338 e. The van der Waals surface area contributed by atoms with Crippen LogP contribution in [0.25, 0.3) is 5.69 Å². The molecule has 1 N–H and O–H groups in total. The molecular formula is C25H27N3O5. The van der Waals surface area contributed by atoms with E-state index in [0.29, 0.717) is 29.5 Å². The van der Waals surface area contributed by atoms with Crippen LogP contribution < -0.4 is 14.8 Å². The lowest BCUT2D eigenvalue weighted by Gasteiger charge is -2.11. The van der Waals surface area contributed by atoms with Crippen molar-refractivity contribution in [3.05, 3.63) is 77.6 Å². The van der Waals surface area contributed by atoms with Gasteiger partial charge in [-0.3, -0.25) is 4.79 Å². The first-order valence-corrected chi connectivity index (χ1v) is 10.4. The fraction of sp³-hybridized carbons (Fsp3) is 0.240. The third-order valence-corrected chi connectivity index (χ3v) is 4.92. The maximum absolute atomic E-state index is 12.5. The molecule has 0 spiro atoms. The highest BCUT2D eigenvalue weighted by atomic mass is 16.5. The second-order valence-corrected chi connectivity index (χ2v) is 7.38. The normalized spacial score (nSPS) is 10.4. The number of carbonyl (C=O) groups is 2. The second kappa shape index (κ2) is 10.5. The summed E-state index contributed by atoms with van der Waals surface area (Å²) < 4.78 is 17.7. The molecule has 0 unspecified atom stereocenters. The Bertz CT molecular complexity index is 1170. The third kappa shape index (κ3) is 5.60. The Labute approximate surface area is 192 Å². The van der Waals surface area contributed by atoms with Crippen molar-refractivity contribution in [3.8, 4) is 17.2 Å². The van der Waals surface area contributed by atoms with E-state index >= 15 is 0 Å². The topological polar surface area (TPSA) is 91.7 Å². The summed E-state index contributed by atoms with van der Waals surface area (Å²) in [6.07, 6.45) is 1.61. The molecule has 3 aromatic rings. The number of methoxy groups -OCH3 is 1. The van der Waals surface area contributed by atoms with Crippen LogP contribution in [0.15, 0.2) is 55.1 Å². The molecule has 0 aliphatic heterocycles. The number of hydrogen-bond donors (Lipinski definition) is 1. The molecule has 1 aromatic heterocycles. The molecule has 3 rings (SSSR count). The lowest BCUT2D eigenvalue weighted by atomic mass is 10.2. The fourth-order valence-corrected chi connectivity index (χ4v) is 3.21. The predicted molar refractivity (Wildman–Crippen MR) is 125 cm³/mol. The molecule has 2 aromatic carbocycles. The van der Waals surface area contributed by atoms with E-state index in [1.807, 2.05) is 45.0 Å². The highest BCUT2D eigenvalue weighted by Crippen LogP contribution is 2.28. The molecule has 8 heteroatoms. The zero-order valence-corrected chi connectivity index (χ0v) is 19.2. The van der Waals surface area contributed by atoms with Crippen molar-refractivity contribution >= 4 is 17.6 Å². The zero-order valence-electron chi connectivity index (χ0n) is 19.2. The quantitative estimate of drug-likeness (QED) is 0.390. The van der Waals surface area contributed by atoms with Gasteiger partial charge in [-0.15, -0.1) is 0 Å². The average Bonchev–Trinajstić information content (AvgIpc) is 3.09. The van der Waals surface area contributed by atoms with Gasteiger partial charge < -0.3 is 19.5 Å². The lowest BCUT2D eigenvalue weighted by Crippen LogP contribution is -2.21. The van der Waals surface area contributed by atoms with Crippen LogP contribution in [0.2, 0.25) is 0 Å². The van der Waals surface area contributed by atoms with Gasteiger partial charge in [0.15, 0.2) is 18.1 Å². The molecule has 0 saturated heterocycles. The van der Waals surface area contributed by atoms with E-state index in [9.17, 15) is 9.59 Å². The van der Waals surface area contributed by atoms with E-state index in [0.717, 1.165) is 16.9 Å². The molecule has 0 radical (unpaired) electrons. The summed E-state index contributed by atoms with van der Waals surface area (Å²) in [6.45, 7) is 9.15. The van der Waals surface area contributed by atoms with Crippen LogP contribution in [0.3, 0.4) is 0 Å². The monoisotopic (exact) mass is 449 g/mol. The summed E-state index contributed by atoms with van der Waals surface area (Å²) in [5.41, 5.74) is 4.30. The van der Waals surface area contributed by atoms with Gasteiger partial charge in [0.25, 0.3) is 5.91 Å². The van der Waals surface area contributed by atoms with Crippen molar-refractivity contribution in [2.45, 2.75) is 20.8 Å². The van der Waals surface area contributed by atoms with Crippen molar-refractivity contribution in [1.82, 2.24) is 9.78 Å². The molecule has 8 nitrogen and oxygen atoms in total. The number of aromatic nitrogens is 2. The summed E-state index contributed by atoms with van der Waals surface area (Å²) in [5, 5.41) is 7.30. The second-order valence-electron chi connectivity index (χ2n) is 7.38. The smallest absolute Gasteiger partial charge is 0.338 e. The molecule has 0 bridgehead atoms. The minimum atomic E-state index is -0.650. The van der Waals surface area contributed by atoms with Crippen molar-refractivity contribution < 1.29 is 23.8 Å². The van der Waals surface area contributed by atoms with Gasteiger partial charge in [0.1, 0.15) is 6.61 Å². The Morgan fingerprint density at radius 3 is 2.48 bits per heavy atom. The van der Waals surface area contributed by atoms with Gasteiger partial charge in [0.05, 0.1) is 35.4 Å². The SMILES string of the molecule is C=CCOc1ccc(C(=O)OCC(=O)Nc2c(C)nn(-c3ccc(C)cc3)c2C)cc1OC. The Balaban J connectivity index is 1.64. The number of nitrogens with one attached hydrogen (secondary N) is 1. The number of rotatable bonds is 9. The van der Waals surface area contributed by atoms with E-state index < -0.39 is 18.5 Å². The molecule has 0 fully saturated rings. The minimum absolute atomic E-state index is 0.241. The molecule has 0 saturated carbocycles. The van der Waals surface area contributed by atoms with Crippen molar-refractivity contribution in [3.63, 3.8) is 0 Å². The number of amides is 1. The number of anilines is 1. The Hall–Kier alpha value is -4.07. The van der Waals surface area contributed by atoms with Crippen LogP contribution in [-0.2, 0) is 9.53 Å². The highest BCUT2D eigenvalue weighted by Gasteiger charge is 2.18. The summed E-state index contributed by atoms with van der Waals surface area (Å²) in [4.78, 5) is 24.9. The first-order chi connectivity index (χ1) is 15.8. The van der Waals surface area contributed by atoms with Crippen LogP contribution in [0, 0.1) is 20.8 Å². The van der Waals surface area contributed by atoms with Gasteiger partial charge in [-0.2, -0.15) is 5.10 Å². The highest BCUT2D eigenvalue weighted by molar-refractivity contribution is 5.96. The average molecular weight is 450 g/mol. The standard InChI is InChI=1S/C25H27N3O5/c1-6-13-32-21-12-9-19(14-22(21)31-5)25(30)33-15-23(29)26-24-17(3)27-28(18(24)4)20-10-7-16(2)8-11-20/h6-12,14H,1,13,15H2,2-5H3,(H,26,29). The Morgan fingerprint density at radius 2 is 1.82 bits per heavy atom. The molecule has 0 aliphatic carbocycles. The molecule has 1 heterocycles. The molecule has 0 aliphatic rings. The van der Waals surface area contributed by atoms with Crippen LogP contribution in [0.4, 0.5) is 5.69 Å². The lowest BCUT2D eigenvalue weighted by molar-refractivity contribution is -0.119. The molecule has 172 valence electrons. The first kappa shape index (κ1) is 23.6. The largest absolute Gasteiger partial charge is 0.493 e. The summed E-state index contributed by atoms with van der Waals surface area (Å²) in [7, 11) is 1.47. The van der Waals surface area contributed by atoms with Gasteiger partial charge in [0.2, 0.25) is 0 Å². The van der Waals surface area contributed by atoms with Crippen LogP contribution in [0.5, 0.6) is 11.5 Å². The van der Waals surface area contributed by atoms with Gasteiger partial charge in [0, 0.05) is 0 Å². The first-order valence-electron chi connectivity index (χ1n) is 10.4. The summed E-state index contributed by atoms with van der Waals surface area (Å²) in [5.74, 6) is -0.257. The van der Waals surface area contributed by atoms with E-state index in [-0.39, 0.29) is 5.56 Å². The van der Waals surface area contributed by atoms with Crippen molar-refractivity contribution in [2.24, 2.45) is 0 Å². The van der Waals surface area contributed by atoms with Gasteiger partial charge >= 0.3 is 5.97 Å². The van der Waals surface area contributed by atoms with Crippen LogP contribution >= 0.6 is 0 Å². The maximum atomic E-state index is 12.5. The number of nitrogens with zero attached hydrogens (tertiary/aromatic N) is 2. The van der Waals surface area contributed by atoms with Gasteiger partial charge in [-0.25, -0.2) is 9.48 Å². The van der Waals surface area contributed by atoms with E-state index in [4.69, 9.17) is 14.2 Å². The number of benzene rings is 2. The van der Waals surface area contributed by atoms with Crippen molar-refractivity contribution in [2.75, 3.05) is 25.6 Å². The fourth-order valence-electron chi connectivity index (χ4n) is 3.21. The number of hydrogen-bond acceptors (Lipinski definition) is 6. The number of esters is 1. The third-order valence-electron chi connectivity index (χ3n) is 4.92. The Morgan fingerprint density at radius 1 is 1.09 bits per heavy atom. The molecule has 0 atom stereocenters. The van der Waals surface area contributed by atoms with E-state index in [2.05, 4.69) is 17.0 Å². The molecule has 1 amide bonds. The van der Waals surface area contributed by atoms with Crippen molar-refractivity contribution in [1.29, 1.82) is 0 Å². The number of carbonyl (C=O) groups excluding carboxylic acids is 2. The molecule has 33 heavy (non-hydrogen) atoms.